The van der Waals surface area contributed by atoms with Crippen molar-refractivity contribution >= 4 is 17.3 Å². The molecule has 0 amide bonds. The number of esters is 1. The molecule has 0 aliphatic carbocycles. The molecule has 0 saturated carbocycles. The second kappa shape index (κ2) is 6.72. The van der Waals surface area contributed by atoms with Gasteiger partial charge in [0.15, 0.2) is 0 Å². The zero-order valence-corrected chi connectivity index (χ0v) is 12.8. The lowest BCUT2D eigenvalue weighted by atomic mass is 10.1. The smallest absolute Gasteiger partial charge is 0.373 e. The Kier molecular flexibility index (Phi) is 4.98. The number of rotatable bonds is 6. The van der Waals surface area contributed by atoms with E-state index in [9.17, 15) is 4.79 Å². The molecule has 1 atom stereocenters. The average molecular weight is 293 g/mol. The highest BCUT2D eigenvalue weighted by molar-refractivity contribution is 7.10. The van der Waals surface area contributed by atoms with Gasteiger partial charge in [0.2, 0.25) is 5.76 Å². The molecule has 2 aromatic rings. The van der Waals surface area contributed by atoms with E-state index in [4.69, 9.17) is 4.42 Å². The van der Waals surface area contributed by atoms with Crippen molar-refractivity contribution in [3.63, 3.8) is 0 Å². The summed E-state index contributed by atoms with van der Waals surface area (Å²) in [5.41, 5.74) is 1.22. The molecule has 4 nitrogen and oxygen atoms in total. The Morgan fingerprint density at radius 1 is 1.45 bits per heavy atom. The third-order valence-electron chi connectivity index (χ3n) is 3.06. The highest BCUT2D eigenvalue weighted by Crippen LogP contribution is 2.30. The Labute approximate surface area is 122 Å². The van der Waals surface area contributed by atoms with Crippen LogP contribution in [-0.2, 0) is 4.74 Å². The van der Waals surface area contributed by atoms with Crippen LogP contribution < -0.4 is 5.32 Å². The van der Waals surface area contributed by atoms with Crippen LogP contribution in [0.3, 0.4) is 0 Å². The number of hydrogen-bond acceptors (Lipinski definition) is 5. The first-order valence-electron chi connectivity index (χ1n) is 6.62. The van der Waals surface area contributed by atoms with Crippen LogP contribution in [0.4, 0.5) is 0 Å². The lowest BCUT2D eigenvalue weighted by molar-refractivity contribution is 0.0562. The molecule has 0 radical (unpaired) electrons. The monoisotopic (exact) mass is 293 g/mol. The summed E-state index contributed by atoms with van der Waals surface area (Å²) in [5, 5.41) is 5.53. The Morgan fingerprint density at radius 2 is 2.25 bits per heavy atom. The van der Waals surface area contributed by atoms with Crippen LogP contribution in [0.1, 0.15) is 46.1 Å². The Morgan fingerprint density at radius 3 is 2.85 bits per heavy atom. The van der Waals surface area contributed by atoms with E-state index in [0.717, 1.165) is 18.7 Å². The van der Waals surface area contributed by atoms with Crippen LogP contribution in [0, 0.1) is 6.92 Å². The molecule has 5 heteroatoms. The Bertz CT molecular complexity index is 573. The summed E-state index contributed by atoms with van der Waals surface area (Å²) in [7, 11) is 1.35. The van der Waals surface area contributed by atoms with Gasteiger partial charge in [-0.15, -0.1) is 11.3 Å². The van der Waals surface area contributed by atoms with Gasteiger partial charge in [-0.05, 0) is 49.0 Å². The van der Waals surface area contributed by atoms with Crippen molar-refractivity contribution in [3.8, 4) is 0 Å². The molecule has 1 N–H and O–H groups in total. The largest absolute Gasteiger partial charge is 0.463 e. The predicted octanol–water partition coefficient (Wildman–Crippen LogP) is 3.53. The SMILES string of the molecule is CCCNC(c1ccc(C(=O)OC)o1)c1sccc1C. The van der Waals surface area contributed by atoms with E-state index in [1.54, 1.807) is 17.4 Å². The lowest BCUT2D eigenvalue weighted by Gasteiger charge is -2.16. The quantitative estimate of drug-likeness (QED) is 0.828. The minimum absolute atomic E-state index is 0.0200. The number of aryl methyl sites for hydroxylation is 1. The first-order valence-corrected chi connectivity index (χ1v) is 7.50. The third kappa shape index (κ3) is 3.11. The van der Waals surface area contributed by atoms with Gasteiger partial charge < -0.3 is 14.5 Å². The lowest BCUT2D eigenvalue weighted by Crippen LogP contribution is -2.22. The second-order valence-electron chi connectivity index (χ2n) is 4.55. The number of carbonyl (C=O) groups excluding carboxylic acids is 1. The number of ether oxygens (including phenoxy) is 1. The van der Waals surface area contributed by atoms with Crippen LogP contribution in [0.2, 0.25) is 0 Å². The van der Waals surface area contributed by atoms with Gasteiger partial charge >= 0.3 is 5.97 Å². The highest BCUT2D eigenvalue weighted by Gasteiger charge is 2.22. The summed E-state index contributed by atoms with van der Waals surface area (Å²) in [6, 6.07) is 5.56. The van der Waals surface area contributed by atoms with Gasteiger partial charge in [0, 0.05) is 4.88 Å². The number of nitrogens with one attached hydrogen (secondary N) is 1. The van der Waals surface area contributed by atoms with E-state index < -0.39 is 5.97 Å². The fourth-order valence-electron chi connectivity index (χ4n) is 2.01. The fourth-order valence-corrected chi connectivity index (χ4v) is 3.02. The van der Waals surface area contributed by atoms with Gasteiger partial charge in [-0.3, -0.25) is 0 Å². The Hall–Kier alpha value is -1.59. The van der Waals surface area contributed by atoms with E-state index in [-0.39, 0.29) is 11.8 Å². The van der Waals surface area contributed by atoms with E-state index in [1.807, 2.05) is 6.07 Å². The molecule has 2 rings (SSSR count). The molecule has 0 aromatic carbocycles. The summed E-state index contributed by atoms with van der Waals surface area (Å²) < 4.78 is 10.3. The van der Waals surface area contributed by atoms with E-state index in [2.05, 4.69) is 35.3 Å². The van der Waals surface area contributed by atoms with Gasteiger partial charge in [-0.1, -0.05) is 6.92 Å². The number of methoxy groups -OCH3 is 1. The summed E-state index contributed by atoms with van der Waals surface area (Å²) in [4.78, 5) is 12.7. The minimum Gasteiger partial charge on any atom is -0.463 e. The number of hydrogen-bond donors (Lipinski definition) is 1. The molecular formula is C15H19NO3S. The van der Waals surface area contributed by atoms with Crippen molar-refractivity contribution < 1.29 is 13.9 Å². The van der Waals surface area contributed by atoms with Crippen molar-refractivity contribution in [3.05, 3.63) is 45.5 Å². The maximum absolute atomic E-state index is 11.5. The Balaban J connectivity index is 2.29. The summed E-state index contributed by atoms with van der Waals surface area (Å²) in [6.45, 7) is 5.08. The maximum atomic E-state index is 11.5. The van der Waals surface area contributed by atoms with Gasteiger partial charge in [-0.2, -0.15) is 0 Å². The molecule has 20 heavy (non-hydrogen) atoms. The van der Waals surface area contributed by atoms with Crippen LogP contribution in [0.5, 0.6) is 0 Å². The second-order valence-corrected chi connectivity index (χ2v) is 5.50. The zero-order valence-electron chi connectivity index (χ0n) is 11.9. The van der Waals surface area contributed by atoms with Crippen LogP contribution >= 0.6 is 11.3 Å². The molecular weight excluding hydrogens is 274 g/mol. The van der Waals surface area contributed by atoms with Gasteiger partial charge in [-0.25, -0.2) is 4.79 Å². The van der Waals surface area contributed by atoms with Crippen molar-refractivity contribution in [1.82, 2.24) is 5.32 Å². The van der Waals surface area contributed by atoms with Crippen molar-refractivity contribution in [1.29, 1.82) is 0 Å². The zero-order chi connectivity index (χ0) is 14.5. The van der Waals surface area contributed by atoms with E-state index in [0.29, 0.717) is 0 Å². The fraction of sp³-hybridized carbons (Fsp3) is 0.400. The normalized spacial score (nSPS) is 12.3. The predicted molar refractivity (Wildman–Crippen MR) is 79.2 cm³/mol. The highest BCUT2D eigenvalue weighted by atomic mass is 32.1. The molecule has 2 aromatic heterocycles. The molecule has 0 aliphatic heterocycles. The molecule has 0 saturated heterocycles. The standard InChI is InChI=1S/C15H19NO3S/c1-4-8-16-13(14-10(2)7-9-20-14)11-5-6-12(19-11)15(17)18-3/h5-7,9,13,16H,4,8H2,1-3H3. The topological polar surface area (TPSA) is 51.5 Å². The van der Waals surface area contributed by atoms with Crippen molar-refractivity contribution in [2.24, 2.45) is 0 Å². The van der Waals surface area contributed by atoms with Crippen molar-refractivity contribution in [2.75, 3.05) is 13.7 Å². The van der Waals surface area contributed by atoms with Crippen LogP contribution in [0.15, 0.2) is 28.0 Å². The molecule has 0 fully saturated rings. The number of thiophene rings is 1. The molecule has 0 spiro atoms. The molecule has 0 aliphatic rings. The number of furan rings is 1. The van der Waals surface area contributed by atoms with Crippen molar-refractivity contribution in [2.45, 2.75) is 26.3 Å². The van der Waals surface area contributed by atoms with Crippen LogP contribution in [0.25, 0.3) is 0 Å². The van der Waals surface area contributed by atoms with Gasteiger partial charge in [0.1, 0.15) is 11.8 Å². The van der Waals surface area contributed by atoms with Gasteiger partial charge in [0.05, 0.1) is 7.11 Å². The maximum Gasteiger partial charge on any atom is 0.373 e. The molecule has 0 bridgehead atoms. The summed E-state index contributed by atoms with van der Waals surface area (Å²) in [5.74, 6) is 0.526. The molecule has 1 unspecified atom stereocenters. The average Bonchev–Trinajstić information content (AvgIpc) is 3.09. The first-order chi connectivity index (χ1) is 9.67. The number of carbonyl (C=O) groups is 1. The minimum atomic E-state index is -0.451. The van der Waals surface area contributed by atoms with Gasteiger partial charge in [0.25, 0.3) is 0 Å². The molecule has 2 heterocycles. The summed E-state index contributed by atoms with van der Waals surface area (Å²) >= 11 is 1.69. The van der Waals surface area contributed by atoms with Crippen LogP contribution in [-0.4, -0.2) is 19.6 Å². The molecule has 108 valence electrons. The van der Waals surface area contributed by atoms with E-state index in [1.165, 1.54) is 17.6 Å². The first kappa shape index (κ1) is 14.8. The third-order valence-corrected chi connectivity index (χ3v) is 4.14. The van der Waals surface area contributed by atoms with E-state index >= 15 is 0 Å². The summed E-state index contributed by atoms with van der Waals surface area (Å²) in [6.07, 6.45) is 1.03.